The van der Waals surface area contributed by atoms with Gasteiger partial charge in [-0.1, -0.05) is 11.8 Å². The minimum absolute atomic E-state index is 0.959. The second-order valence-corrected chi connectivity index (χ2v) is 4.25. The van der Waals surface area contributed by atoms with Crippen molar-refractivity contribution in [3.05, 3.63) is 0 Å². The van der Waals surface area contributed by atoms with Crippen molar-refractivity contribution in [2.75, 3.05) is 38.5 Å². The molecular weight excluding hydrogens is 182 g/mol. The summed E-state index contributed by atoms with van der Waals surface area (Å²) in [5.74, 6) is 1.18. The molecule has 0 fully saturated rings. The largest absolute Gasteiger partial charge is 0.363 e. The Labute approximate surface area is 85.0 Å². The molecule has 0 atom stereocenters. The molecule has 0 aromatic carbocycles. The van der Waals surface area contributed by atoms with E-state index in [1.807, 2.05) is 11.8 Å². The molecule has 1 rings (SSSR count). The number of nitrogens with one attached hydrogen (secondary N) is 2. The van der Waals surface area contributed by atoms with E-state index < -0.39 is 0 Å². The quantitative estimate of drug-likeness (QED) is 0.635. The van der Waals surface area contributed by atoms with Crippen molar-refractivity contribution < 1.29 is 4.90 Å². The summed E-state index contributed by atoms with van der Waals surface area (Å²) in [5.41, 5.74) is 0. The fourth-order valence-corrected chi connectivity index (χ4v) is 2.34. The summed E-state index contributed by atoms with van der Waals surface area (Å²) in [6.07, 6.45) is 0. The lowest BCUT2D eigenvalue weighted by Gasteiger charge is -2.14. The highest BCUT2D eigenvalue weighted by Crippen LogP contribution is 2.02. The van der Waals surface area contributed by atoms with Crippen LogP contribution in [0.25, 0.3) is 0 Å². The fraction of sp³-hybridized carbons (Fsp3) is 0.889. The molecule has 1 aliphatic rings. The molecule has 0 aromatic heterocycles. The number of hydrogen-bond acceptors (Lipinski definition) is 3. The highest BCUT2D eigenvalue weighted by molar-refractivity contribution is 8.13. The van der Waals surface area contributed by atoms with Gasteiger partial charge in [-0.3, -0.25) is 4.99 Å². The van der Waals surface area contributed by atoms with Crippen LogP contribution < -0.4 is 10.2 Å². The molecule has 0 saturated heterocycles. The topological polar surface area (TPSA) is 28.8 Å². The standard InChI is InChI=1S/C9H19N3S/c1-3-12(4-2)7-8-13-9-10-5-6-11-9/h3-8H2,1-2H3,(H,10,11)/p+1. The first-order valence-electron chi connectivity index (χ1n) is 5.11. The number of nitrogens with zero attached hydrogens (tertiary/aromatic N) is 1. The lowest BCUT2D eigenvalue weighted by molar-refractivity contribution is -0.893. The fourth-order valence-electron chi connectivity index (χ4n) is 1.37. The van der Waals surface area contributed by atoms with E-state index in [-0.39, 0.29) is 0 Å². The van der Waals surface area contributed by atoms with E-state index in [4.69, 9.17) is 0 Å². The monoisotopic (exact) mass is 202 g/mol. The van der Waals surface area contributed by atoms with Gasteiger partial charge in [-0.05, 0) is 13.8 Å². The minimum atomic E-state index is 0.959. The molecule has 4 heteroatoms. The van der Waals surface area contributed by atoms with Crippen molar-refractivity contribution in [2.45, 2.75) is 13.8 Å². The molecule has 0 radical (unpaired) electrons. The van der Waals surface area contributed by atoms with Crippen LogP contribution in [0.5, 0.6) is 0 Å². The lowest BCUT2D eigenvalue weighted by atomic mass is 10.5. The Morgan fingerprint density at radius 2 is 2.23 bits per heavy atom. The molecule has 76 valence electrons. The van der Waals surface area contributed by atoms with Crippen LogP contribution in [0.1, 0.15) is 13.8 Å². The van der Waals surface area contributed by atoms with E-state index in [1.165, 1.54) is 25.4 Å². The Hall–Kier alpha value is -0.220. The molecular formula is C9H20N3S+. The third-order valence-electron chi connectivity index (χ3n) is 2.34. The number of rotatable bonds is 5. The maximum absolute atomic E-state index is 4.34. The van der Waals surface area contributed by atoms with Crippen LogP contribution in [-0.4, -0.2) is 43.6 Å². The zero-order valence-electron chi connectivity index (χ0n) is 8.60. The van der Waals surface area contributed by atoms with Crippen LogP contribution in [-0.2, 0) is 0 Å². The van der Waals surface area contributed by atoms with Gasteiger partial charge in [0.25, 0.3) is 0 Å². The second-order valence-electron chi connectivity index (χ2n) is 3.17. The van der Waals surface area contributed by atoms with E-state index in [0.29, 0.717) is 0 Å². The molecule has 0 bridgehead atoms. The zero-order chi connectivity index (χ0) is 9.52. The Morgan fingerprint density at radius 3 is 2.77 bits per heavy atom. The number of thioether (sulfide) groups is 1. The SMILES string of the molecule is CC[NH+](CC)CCSC1=NCCN1. The lowest BCUT2D eigenvalue weighted by Crippen LogP contribution is -3.11. The van der Waals surface area contributed by atoms with Gasteiger partial charge in [0.1, 0.15) is 0 Å². The van der Waals surface area contributed by atoms with Crippen LogP contribution in [0.4, 0.5) is 0 Å². The van der Waals surface area contributed by atoms with E-state index in [1.54, 1.807) is 4.90 Å². The van der Waals surface area contributed by atoms with Crippen LogP contribution in [0.3, 0.4) is 0 Å². The molecule has 0 aromatic rings. The zero-order valence-corrected chi connectivity index (χ0v) is 9.41. The number of quaternary nitrogens is 1. The molecule has 1 heterocycles. The highest BCUT2D eigenvalue weighted by atomic mass is 32.2. The number of aliphatic imine (C=N–C) groups is 1. The summed E-state index contributed by atoms with van der Waals surface area (Å²) < 4.78 is 0. The molecule has 2 N–H and O–H groups in total. The molecule has 13 heavy (non-hydrogen) atoms. The van der Waals surface area contributed by atoms with Crippen molar-refractivity contribution in [2.24, 2.45) is 4.99 Å². The van der Waals surface area contributed by atoms with Crippen LogP contribution in [0.2, 0.25) is 0 Å². The Balaban J connectivity index is 2.05. The smallest absolute Gasteiger partial charge is 0.156 e. The van der Waals surface area contributed by atoms with Gasteiger partial charge in [0, 0.05) is 6.54 Å². The van der Waals surface area contributed by atoms with E-state index in [9.17, 15) is 0 Å². The average Bonchev–Trinajstić information content (AvgIpc) is 2.65. The number of amidine groups is 1. The molecule has 1 aliphatic heterocycles. The third kappa shape index (κ3) is 4.00. The van der Waals surface area contributed by atoms with Crippen molar-refractivity contribution in [3.63, 3.8) is 0 Å². The Bertz CT molecular complexity index is 166. The summed E-state index contributed by atoms with van der Waals surface area (Å²) in [6.45, 7) is 10.2. The highest BCUT2D eigenvalue weighted by Gasteiger charge is 2.07. The van der Waals surface area contributed by atoms with Gasteiger partial charge in [-0.25, -0.2) is 0 Å². The molecule has 0 amide bonds. The maximum Gasteiger partial charge on any atom is 0.156 e. The van der Waals surface area contributed by atoms with Gasteiger partial charge in [-0.15, -0.1) is 0 Å². The minimum Gasteiger partial charge on any atom is -0.363 e. The first-order chi connectivity index (χ1) is 6.36. The van der Waals surface area contributed by atoms with Crippen LogP contribution >= 0.6 is 11.8 Å². The maximum atomic E-state index is 4.34. The van der Waals surface area contributed by atoms with Crippen molar-refractivity contribution in [3.8, 4) is 0 Å². The van der Waals surface area contributed by atoms with E-state index in [2.05, 4.69) is 24.2 Å². The number of hydrogen-bond donors (Lipinski definition) is 2. The van der Waals surface area contributed by atoms with E-state index >= 15 is 0 Å². The summed E-state index contributed by atoms with van der Waals surface area (Å²) in [7, 11) is 0. The summed E-state index contributed by atoms with van der Waals surface area (Å²) in [6, 6.07) is 0. The van der Waals surface area contributed by atoms with Gasteiger partial charge in [0.05, 0.1) is 31.9 Å². The van der Waals surface area contributed by atoms with Crippen LogP contribution in [0.15, 0.2) is 4.99 Å². The van der Waals surface area contributed by atoms with Crippen molar-refractivity contribution in [1.29, 1.82) is 0 Å². The van der Waals surface area contributed by atoms with Gasteiger partial charge in [0.2, 0.25) is 0 Å². The Kier molecular flexibility index (Phi) is 5.23. The van der Waals surface area contributed by atoms with Gasteiger partial charge >= 0.3 is 0 Å². The first-order valence-corrected chi connectivity index (χ1v) is 6.10. The third-order valence-corrected chi connectivity index (χ3v) is 3.29. The summed E-state index contributed by atoms with van der Waals surface area (Å²) >= 11 is 1.86. The molecule has 0 unspecified atom stereocenters. The predicted molar refractivity (Wildman–Crippen MR) is 59.7 cm³/mol. The van der Waals surface area contributed by atoms with E-state index in [0.717, 1.165) is 18.3 Å². The predicted octanol–water partition coefficient (Wildman–Crippen LogP) is -0.396. The van der Waals surface area contributed by atoms with Gasteiger partial charge in [0.15, 0.2) is 5.17 Å². The second kappa shape index (κ2) is 6.27. The molecule has 3 nitrogen and oxygen atoms in total. The summed E-state index contributed by atoms with van der Waals surface area (Å²) in [4.78, 5) is 6.02. The molecule has 0 aliphatic carbocycles. The normalized spacial score (nSPS) is 16.1. The van der Waals surface area contributed by atoms with Gasteiger partial charge in [-0.2, -0.15) is 0 Å². The summed E-state index contributed by atoms with van der Waals surface area (Å²) in [5, 5.41) is 4.42. The first kappa shape index (κ1) is 10.9. The Morgan fingerprint density at radius 1 is 1.46 bits per heavy atom. The van der Waals surface area contributed by atoms with Gasteiger partial charge < -0.3 is 10.2 Å². The molecule has 0 spiro atoms. The van der Waals surface area contributed by atoms with Crippen LogP contribution in [0, 0.1) is 0 Å². The van der Waals surface area contributed by atoms with Crippen molar-refractivity contribution >= 4 is 16.9 Å². The average molecular weight is 202 g/mol. The van der Waals surface area contributed by atoms with Crippen molar-refractivity contribution in [1.82, 2.24) is 5.32 Å². The molecule has 0 saturated carbocycles.